The molecule has 1 fully saturated rings. The van der Waals surface area contributed by atoms with Crippen molar-refractivity contribution in [2.45, 2.75) is 50.7 Å². The molecule has 0 spiro atoms. The summed E-state index contributed by atoms with van der Waals surface area (Å²) in [6, 6.07) is 19.2. The third kappa shape index (κ3) is 4.97. The number of rotatable bonds is 8. The molecule has 3 unspecified atom stereocenters. The maximum Gasteiger partial charge on any atom is 0.303 e. The van der Waals surface area contributed by atoms with Crippen molar-refractivity contribution in [1.29, 1.82) is 0 Å². The van der Waals surface area contributed by atoms with Crippen LogP contribution in [-0.2, 0) is 27.2 Å². The summed E-state index contributed by atoms with van der Waals surface area (Å²) < 4.78 is 5.55. The van der Waals surface area contributed by atoms with E-state index in [0.29, 0.717) is 6.42 Å². The van der Waals surface area contributed by atoms with Crippen LogP contribution in [0.2, 0.25) is 0 Å². The van der Waals surface area contributed by atoms with Gasteiger partial charge in [-0.15, -0.1) is 0 Å². The third-order valence-electron chi connectivity index (χ3n) is 5.57. The van der Waals surface area contributed by atoms with Gasteiger partial charge in [-0.2, -0.15) is 0 Å². The first-order chi connectivity index (χ1) is 14.4. The summed E-state index contributed by atoms with van der Waals surface area (Å²) in [6.45, 7) is 1.24. The van der Waals surface area contributed by atoms with Crippen molar-refractivity contribution in [3.63, 3.8) is 0 Å². The van der Waals surface area contributed by atoms with Crippen molar-refractivity contribution in [3.05, 3.63) is 83.6 Å². The van der Waals surface area contributed by atoms with Gasteiger partial charge in [-0.1, -0.05) is 60.7 Å². The average Bonchev–Trinajstić information content (AvgIpc) is 2.95. The van der Waals surface area contributed by atoms with E-state index in [0.717, 1.165) is 18.4 Å². The van der Waals surface area contributed by atoms with E-state index >= 15 is 0 Å². The van der Waals surface area contributed by atoms with E-state index in [9.17, 15) is 19.8 Å². The number of hydrogen-bond acceptors (Lipinski definition) is 5. The largest absolute Gasteiger partial charge is 0.512 e. The number of ketones is 1. The monoisotopic (exact) mass is 408 g/mol. The zero-order chi connectivity index (χ0) is 21.6. The Hall–Kier alpha value is -2.92. The molecule has 0 radical (unpaired) electrons. The van der Waals surface area contributed by atoms with E-state index in [4.69, 9.17) is 4.74 Å². The number of aliphatic hydroxyl groups excluding tert-OH is 2. The molecule has 3 atom stereocenters. The topological polar surface area (TPSA) is 83.8 Å². The minimum Gasteiger partial charge on any atom is -0.512 e. The molecule has 1 aliphatic carbocycles. The molecule has 1 saturated carbocycles. The Morgan fingerprint density at radius 3 is 2.30 bits per heavy atom. The first-order valence-corrected chi connectivity index (χ1v) is 10.3. The number of unbranched alkanes of at least 4 members (excludes halogenated alkanes) is 1. The van der Waals surface area contributed by atoms with E-state index < -0.39 is 23.6 Å². The number of ether oxygens (including phenoxy) is 1. The predicted octanol–water partition coefficient (Wildman–Crippen LogP) is 3.95. The Bertz CT molecular complexity index is 890. The third-order valence-corrected chi connectivity index (χ3v) is 5.57. The van der Waals surface area contributed by atoms with Crippen LogP contribution in [0.15, 0.2) is 72.5 Å². The molecule has 0 aromatic heterocycles. The van der Waals surface area contributed by atoms with E-state index in [1.165, 1.54) is 12.5 Å². The van der Waals surface area contributed by atoms with Crippen LogP contribution >= 0.6 is 0 Å². The van der Waals surface area contributed by atoms with Crippen molar-refractivity contribution in [2.75, 3.05) is 0 Å². The summed E-state index contributed by atoms with van der Waals surface area (Å²) in [7, 11) is 0. The fraction of sp³-hybridized carbons (Fsp3) is 0.360. The first kappa shape index (κ1) is 21.8. The van der Waals surface area contributed by atoms with Crippen molar-refractivity contribution in [1.82, 2.24) is 0 Å². The van der Waals surface area contributed by atoms with Crippen molar-refractivity contribution < 1.29 is 24.5 Å². The molecule has 0 bridgehead atoms. The number of aryl methyl sites for hydroxylation is 1. The van der Waals surface area contributed by atoms with Crippen LogP contribution in [0.25, 0.3) is 0 Å². The van der Waals surface area contributed by atoms with Gasteiger partial charge in [-0.25, -0.2) is 0 Å². The zero-order valence-electron chi connectivity index (χ0n) is 17.2. The fourth-order valence-corrected chi connectivity index (χ4v) is 4.25. The first-order valence-electron chi connectivity index (χ1n) is 10.3. The number of Topliss-reactive ketones (excluding diaryl/α,β-unsaturated/α-hetero) is 1. The molecule has 1 aliphatic rings. The minimum atomic E-state index is -1.60. The zero-order valence-corrected chi connectivity index (χ0v) is 17.2. The lowest BCUT2D eigenvalue weighted by Crippen LogP contribution is -2.49. The molecule has 30 heavy (non-hydrogen) atoms. The van der Waals surface area contributed by atoms with Gasteiger partial charge in [0, 0.05) is 19.8 Å². The van der Waals surface area contributed by atoms with Crippen LogP contribution in [0, 0.1) is 5.92 Å². The van der Waals surface area contributed by atoms with Crippen LogP contribution in [0.3, 0.4) is 0 Å². The summed E-state index contributed by atoms with van der Waals surface area (Å²) in [5, 5.41) is 21.4. The van der Waals surface area contributed by atoms with Crippen LogP contribution in [0.4, 0.5) is 0 Å². The number of aliphatic hydroxyl groups is 2. The van der Waals surface area contributed by atoms with E-state index in [2.05, 4.69) is 12.1 Å². The van der Waals surface area contributed by atoms with Crippen LogP contribution < -0.4 is 0 Å². The smallest absolute Gasteiger partial charge is 0.303 e. The molecule has 2 aromatic carbocycles. The van der Waals surface area contributed by atoms with Gasteiger partial charge in [-0.05, 0) is 36.5 Å². The normalized spacial score (nSPS) is 24.1. The number of carbonyl (C=O) groups is 2. The van der Waals surface area contributed by atoms with Gasteiger partial charge in [0.15, 0.2) is 11.4 Å². The van der Waals surface area contributed by atoms with Gasteiger partial charge in [0.25, 0.3) is 0 Å². The molecular formula is C25H28O5. The molecule has 3 rings (SSSR count). The minimum absolute atomic E-state index is 0.0985. The van der Waals surface area contributed by atoms with Gasteiger partial charge < -0.3 is 14.9 Å². The van der Waals surface area contributed by atoms with Gasteiger partial charge in [0.1, 0.15) is 0 Å². The van der Waals surface area contributed by atoms with Gasteiger partial charge >= 0.3 is 5.97 Å². The fourth-order valence-electron chi connectivity index (χ4n) is 4.25. The summed E-state index contributed by atoms with van der Waals surface area (Å²) in [5.41, 5.74) is 0.398. The van der Waals surface area contributed by atoms with Gasteiger partial charge in [0.2, 0.25) is 0 Å². The maximum atomic E-state index is 12.9. The Morgan fingerprint density at radius 2 is 1.70 bits per heavy atom. The molecule has 0 amide bonds. The lowest BCUT2D eigenvalue weighted by Gasteiger charge is -2.34. The van der Waals surface area contributed by atoms with E-state index in [-0.39, 0.29) is 24.4 Å². The SMILES string of the molecule is CC(=O)OC1(Cc2ccccc2)C(=O)CC(O)C1/C(O)=C/CCCc1ccccc1. The van der Waals surface area contributed by atoms with Crippen LogP contribution in [0.1, 0.15) is 37.3 Å². The van der Waals surface area contributed by atoms with Crippen molar-refractivity contribution in [3.8, 4) is 0 Å². The number of allylic oxidation sites excluding steroid dienone is 1. The molecule has 0 aliphatic heterocycles. The van der Waals surface area contributed by atoms with Crippen LogP contribution in [0.5, 0.6) is 0 Å². The second kappa shape index (κ2) is 9.72. The lowest BCUT2D eigenvalue weighted by atomic mass is 9.81. The Morgan fingerprint density at radius 1 is 1.10 bits per heavy atom. The van der Waals surface area contributed by atoms with Gasteiger partial charge in [-0.3, -0.25) is 9.59 Å². The second-order valence-corrected chi connectivity index (χ2v) is 7.82. The summed E-state index contributed by atoms with van der Waals surface area (Å²) in [4.78, 5) is 24.8. The Labute approximate surface area is 177 Å². The standard InChI is InChI=1S/C25H28O5/c1-18(26)30-25(17-20-13-6-3-7-14-20)23(29)16-22(28)24(25)21(27)15-9-8-12-19-10-4-2-5-11-19/h2-7,10-11,13-15,22,24,27-28H,8-9,12,16-17H2,1H3/b21-15-. The van der Waals surface area contributed by atoms with Crippen molar-refractivity contribution >= 4 is 11.8 Å². The van der Waals surface area contributed by atoms with E-state index in [1.807, 2.05) is 48.5 Å². The number of esters is 1. The molecule has 5 nitrogen and oxygen atoms in total. The quantitative estimate of drug-likeness (QED) is 0.393. The highest BCUT2D eigenvalue weighted by atomic mass is 16.6. The summed E-state index contributed by atoms with van der Waals surface area (Å²) in [6.07, 6.45) is 2.73. The highest BCUT2D eigenvalue weighted by Crippen LogP contribution is 2.42. The maximum absolute atomic E-state index is 12.9. The molecule has 2 N–H and O–H groups in total. The highest BCUT2D eigenvalue weighted by Gasteiger charge is 2.59. The average molecular weight is 408 g/mol. The van der Waals surface area contributed by atoms with Crippen molar-refractivity contribution in [2.24, 2.45) is 5.92 Å². The van der Waals surface area contributed by atoms with Crippen LogP contribution in [-0.4, -0.2) is 33.7 Å². The Balaban J connectivity index is 1.80. The van der Waals surface area contributed by atoms with E-state index in [1.54, 1.807) is 6.08 Å². The molecule has 2 aromatic rings. The molecule has 5 heteroatoms. The molecular weight excluding hydrogens is 380 g/mol. The summed E-state index contributed by atoms with van der Waals surface area (Å²) >= 11 is 0. The highest BCUT2D eigenvalue weighted by molar-refractivity contribution is 5.93. The molecule has 0 heterocycles. The molecule has 158 valence electrons. The second-order valence-electron chi connectivity index (χ2n) is 7.82. The predicted molar refractivity (Wildman–Crippen MR) is 114 cm³/mol. The molecule has 0 saturated heterocycles. The lowest BCUT2D eigenvalue weighted by molar-refractivity contribution is -0.168. The Kier molecular flexibility index (Phi) is 7.06. The number of hydrogen-bond donors (Lipinski definition) is 2. The summed E-state index contributed by atoms with van der Waals surface area (Å²) in [5.74, 6) is -2.07. The van der Waals surface area contributed by atoms with Gasteiger partial charge in [0.05, 0.1) is 17.8 Å². The number of carbonyl (C=O) groups excluding carboxylic acids is 2. The number of benzene rings is 2.